The quantitative estimate of drug-likeness (QED) is 0.793. The second-order valence-electron chi connectivity index (χ2n) is 4.65. The predicted molar refractivity (Wildman–Crippen MR) is 75.1 cm³/mol. The minimum absolute atomic E-state index is 0.0142. The van der Waals surface area contributed by atoms with Crippen LogP contribution in [-0.4, -0.2) is 17.4 Å². The molecule has 2 heterocycles. The maximum atomic E-state index is 12.5. The summed E-state index contributed by atoms with van der Waals surface area (Å²) in [4.78, 5) is 18.3. The Kier molecular flexibility index (Phi) is 2.91. The van der Waals surface area contributed by atoms with Crippen LogP contribution in [0.5, 0.6) is 0 Å². The number of carbonyl (C=O) groups is 1. The first-order chi connectivity index (χ1) is 9.27. The van der Waals surface area contributed by atoms with Crippen molar-refractivity contribution in [1.29, 1.82) is 0 Å². The van der Waals surface area contributed by atoms with E-state index in [9.17, 15) is 4.79 Å². The van der Waals surface area contributed by atoms with Crippen LogP contribution in [0.2, 0.25) is 0 Å². The number of amides is 1. The molecule has 0 fully saturated rings. The van der Waals surface area contributed by atoms with E-state index in [0.717, 1.165) is 36.3 Å². The number of aromatic nitrogens is 1. The lowest BCUT2D eigenvalue weighted by Crippen LogP contribution is -2.35. The molecule has 0 saturated heterocycles. The number of nitrogen functional groups attached to an aromatic ring is 1. The molecule has 0 atom stereocenters. The largest absolute Gasteiger partial charge is 0.398 e. The van der Waals surface area contributed by atoms with Gasteiger partial charge in [-0.1, -0.05) is 6.07 Å². The minimum Gasteiger partial charge on any atom is -0.398 e. The Morgan fingerprint density at radius 3 is 2.95 bits per heavy atom. The molecule has 19 heavy (non-hydrogen) atoms. The summed E-state index contributed by atoms with van der Waals surface area (Å²) in [5.41, 5.74) is 9.37. The highest BCUT2D eigenvalue weighted by molar-refractivity contribution is 6.06. The molecule has 0 bridgehead atoms. The van der Waals surface area contributed by atoms with Crippen LogP contribution in [0.1, 0.15) is 22.3 Å². The molecule has 4 nitrogen and oxygen atoms in total. The number of benzene rings is 1. The second-order valence-corrected chi connectivity index (χ2v) is 4.65. The molecule has 1 aliphatic rings. The number of carbonyl (C=O) groups excluding carboxylic acids is 1. The van der Waals surface area contributed by atoms with Crippen LogP contribution in [0, 0.1) is 0 Å². The van der Waals surface area contributed by atoms with E-state index < -0.39 is 0 Å². The van der Waals surface area contributed by atoms with Gasteiger partial charge in [0.15, 0.2) is 0 Å². The van der Waals surface area contributed by atoms with Crippen molar-refractivity contribution in [2.75, 3.05) is 17.2 Å². The first-order valence-electron chi connectivity index (χ1n) is 6.36. The van der Waals surface area contributed by atoms with Crippen molar-refractivity contribution in [1.82, 2.24) is 4.98 Å². The molecular formula is C15H15N3O. The van der Waals surface area contributed by atoms with Gasteiger partial charge in [0.2, 0.25) is 0 Å². The molecule has 1 aromatic carbocycles. The lowest BCUT2D eigenvalue weighted by Gasteiger charge is -2.30. The van der Waals surface area contributed by atoms with Gasteiger partial charge in [-0.3, -0.25) is 9.78 Å². The van der Waals surface area contributed by atoms with Gasteiger partial charge in [0.25, 0.3) is 5.91 Å². The molecule has 0 aliphatic carbocycles. The van der Waals surface area contributed by atoms with Gasteiger partial charge >= 0.3 is 0 Å². The fourth-order valence-corrected chi connectivity index (χ4v) is 2.51. The third-order valence-electron chi connectivity index (χ3n) is 3.44. The van der Waals surface area contributed by atoms with Crippen LogP contribution < -0.4 is 10.6 Å². The number of fused-ring (bicyclic) bond motifs is 1. The smallest absolute Gasteiger partial charge is 0.259 e. The molecule has 1 aromatic heterocycles. The Hall–Kier alpha value is -2.36. The van der Waals surface area contributed by atoms with Crippen LogP contribution in [0.25, 0.3) is 0 Å². The summed E-state index contributed by atoms with van der Waals surface area (Å²) in [5, 5.41) is 0. The Balaban J connectivity index is 2.01. The highest BCUT2D eigenvalue weighted by Crippen LogP contribution is 2.32. The number of hydrogen-bond acceptors (Lipinski definition) is 3. The monoisotopic (exact) mass is 253 g/mol. The zero-order chi connectivity index (χ0) is 13.2. The van der Waals surface area contributed by atoms with E-state index in [0.29, 0.717) is 5.56 Å². The van der Waals surface area contributed by atoms with E-state index in [1.807, 2.05) is 18.2 Å². The summed E-state index contributed by atoms with van der Waals surface area (Å²) in [7, 11) is 0. The third-order valence-corrected chi connectivity index (χ3v) is 3.44. The van der Waals surface area contributed by atoms with E-state index in [1.165, 1.54) is 0 Å². The van der Waals surface area contributed by atoms with Crippen molar-refractivity contribution in [3.63, 3.8) is 0 Å². The fourth-order valence-electron chi connectivity index (χ4n) is 2.51. The molecule has 0 spiro atoms. The van der Waals surface area contributed by atoms with Crippen LogP contribution in [0.3, 0.4) is 0 Å². The van der Waals surface area contributed by atoms with Crippen molar-refractivity contribution >= 4 is 17.3 Å². The zero-order valence-corrected chi connectivity index (χ0v) is 10.5. The normalized spacial score (nSPS) is 14.0. The summed E-state index contributed by atoms with van der Waals surface area (Å²) in [5.74, 6) is -0.0142. The number of nitrogens with zero attached hydrogens (tertiary/aromatic N) is 2. The Labute approximate surface area is 111 Å². The van der Waals surface area contributed by atoms with E-state index in [2.05, 4.69) is 4.98 Å². The van der Waals surface area contributed by atoms with Crippen LogP contribution in [0.4, 0.5) is 11.4 Å². The SMILES string of the molecule is Nc1cccc2c1CCCN2C(=O)c1cccnc1. The molecule has 1 amide bonds. The van der Waals surface area contributed by atoms with E-state index in [4.69, 9.17) is 5.73 Å². The molecular weight excluding hydrogens is 238 g/mol. The van der Waals surface area contributed by atoms with Crippen LogP contribution >= 0.6 is 0 Å². The van der Waals surface area contributed by atoms with Crippen molar-refractivity contribution in [2.24, 2.45) is 0 Å². The van der Waals surface area contributed by atoms with Gasteiger partial charge in [-0.25, -0.2) is 0 Å². The molecule has 4 heteroatoms. The number of pyridine rings is 1. The lowest BCUT2D eigenvalue weighted by molar-refractivity contribution is 0.0985. The van der Waals surface area contributed by atoms with Gasteiger partial charge in [-0.05, 0) is 42.7 Å². The molecule has 96 valence electrons. The predicted octanol–water partition coefficient (Wildman–Crippen LogP) is 2.26. The molecule has 0 radical (unpaired) electrons. The average Bonchev–Trinajstić information content (AvgIpc) is 2.47. The minimum atomic E-state index is -0.0142. The molecule has 2 N–H and O–H groups in total. The summed E-state index contributed by atoms with van der Waals surface area (Å²) < 4.78 is 0. The van der Waals surface area contributed by atoms with Gasteiger partial charge in [-0.2, -0.15) is 0 Å². The molecule has 0 saturated carbocycles. The molecule has 2 aromatic rings. The molecule has 0 unspecified atom stereocenters. The van der Waals surface area contributed by atoms with E-state index in [1.54, 1.807) is 29.4 Å². The Morgan fingerprint density at radius 1 is 1.26 bits per heavy atom. The first-order valence-corrected chi connectivity index (χ1v) is 6.36. The number of nitrogens with two attached hydrogens (primary N) is 1. The maximum Gasteiger partial charge on any atom is 0.259 e. The molecule has 1 aliphatic heterocycles. The van der Waals surface area contributed by atoms with Gasteiger partial charge in [-0.15, -0.1) is 0 Å². The fraction of sp³-hybridized carbons (Fsp3) is 0.200. The molecule has 3 rings (SSSR count). The second kappa shape index (κ2) is 4.72. The summed E-state index contributed by atoms with van der Waals surface area (Å²) in [6.45, 7) is 0.726. The average molecular weight is 253 g/mol. The Morgan fingerprint density at radius 2 is 2.16 bits per heavy atom. The van der Waals surface area contributed by atoms with Crippen LogP contribution in [0.15, 0.2) is 42.7 Å². The summed E-state index contributed by atoms with van der Waals surface area (Å²) in [6, 6.07) is 9.30. The lowest BCUT2D eigenvalue weighted by atomic mass is 9.99. The number of rotatable bonds is 1. The Bertz CT molecular complexity index is 610. The van der Waals surface area contributed by atoms with Gasteiger partial charge in [0.1, 0.15) is 0 Å². The number of hydrogen-bond donors (Lipinski definition) is 1. The number of anilines is 2. The zero-order valence-electron chi connectivity index (χ0n) is 10.5. The topological polar surface area (TPSA) is 59.2 Å². The van der Waals surface area contributed by atoms with Crippen molar-refractivity contribution in [2.45, 2.75) is 12.8 Å². The van der Waals surface area contributed by atoms with E-state index >= 15 is 0 Å². The van der Waals surface area contributed by atoms with Gasteiger partial charge in [0.05, 0.1) is 5.56 Å². The van der Waals surface area contributed by atoms with Crippen molar-refractivity contribution < 1.29 is 4.79 Å². The van der Waals surface area contributed by atoms with Gasteiger partial charge in [0, 0.05) is 30.3 Å². The van der Waals surface area contributed by atoms with Crippen molar-refractivity contribution in [3.05, 3.63) is 53.9 Å². The van der Waals surface area contributed by atoms with Crippen LogP contribution in [-0.2, 0) is 6.42 Å². The highest BCUT2D eigenvalue weighted by atomic mass is 16.2. The first kappa shape index (κ1) is 11.7. The van der Waals surface area contributed by atoms with Gasteiger partial charge < -0.3 is 10.6 Å². The van der Waals surface area contributed by atoms with Crippen molar-refractivity contribution in [3.8, 4) is 0 Å². The highest BCUT2D eigenvalue weighted by Gasteiger charge is 2.24. The van der Waals surface area contributed by atoms with E-state index in [-0.39, 0.29) is 5.91 Å². The third kappa shape index (κ3) is 2.05. The summed E-state index contributed by atoms with van der Waals surface area (Å²) in [6.07, 6.45) is 5.13. The maximum absolute atomic E-state index is 12.5. The summed E-state index contributed by atoms with van der Waals surface area (Å²) >= 11 is 0. The standard InChI is InChI=1S/C15H15N3O/c16-13-6-1-7-14-12(13)5-3-9-18(14)15(19)11-4-2-8-17-10-11/h1-2,4,6-8,10H,3,5,9,16H2.